The Labute approximate surface area is 141 Å². The highest BCUT2D eigenvalue weighted by molar-refractivity contribution is 9.10. The third-order valence-corrected chi connectivity index (χ3v) is 4.24. The van der Waals surface area contributed by atoms with E-state index in [0.717, 1.165) is 15.7 Å². The Morgan fingerprint density at radius 2 is 1.85 bits per heavy atom. The second-order valence-electron chi connectivity index (χ2n) is 4.17. The first-order valence-corrected chi connectivity index (χ1v) is 7.70. The van der Waals surface area contributed by atoms with Gasteiger partial charge < -0.3 is 10.6 Å². The maximum absolute atomic E-state index is 6.08. The molecule has 2 N–H and O–H groups in total. The summed E-state index contributed by atoms with van der Waals surface area (Å²) in [5.41, 5.74) is 2.75. The smallest absolute Gasteiger partial charge is 0.175 e. The van der Waals surface area contributed by atoms with Gasteiger partial charge in [-0.25, -0.2) is 0 Å². The van der Waals surface area contributed by atoms with E-state index in [2.05, 4.69) is 26.6 Å². The molecule has 0 saturated heterocycles. The summed E-state index contributed by atoms with van der Waals surface area (Å²) in [7, 11) is 0. The van der Waals surface area contributed by atoms with Gasteiger partial charge in [-0.3, -0.25) is 0 Å². The minimum atomic E-state index is 0.468. The summed E-state index contributed by atoms with van der Waals surface area (Å²) < 4.78 is 1.06. The molecule has 2 rings (SSSR count). The number of hydrogen-bond acceptors (Lipinski definition) is 1. The Morgan fingerprint density at radius 3 is 2.50 bits per heavy atom. The molecule has 2 aromatic rings. The lowest BCUT2D eigenvalue weighted by molar-refractivity contribution is 1.43. The molecule has 6 heteroatoms. The van der Waals surface area contributed by atoms with E-state index < -0.39 is 0 Å². The number of benzene rings is 2. The van der Waals surface area contributed by atoms with Gasteiger partial charge in [0, 0.05) is 15.2 Å². The normalized spacial score (nSPS) is 10.2. The van der Waals surface area contributed by atoms with Crippen molar-refractivity contribution in [3.8, 4) is 0 Å². The first-order valence-electron chi connectivity index (χ1n) is 5.75. The lowest BCUT2D eigenvalue weighted by Crippen LogP contribution is -2.19. The van der Waals surface area contributed by atoms with Crippen LogP contribution < -0.4 is 10.6 Å². The quantitative estimate of drug-likeness (QED) is 0.627. The van der Waals surface area contributed by atoms with E-state index in [1.807, 2.05) is 25.1 Å². The van der Waals surface area contributed by atoms with Crippen molar-refractivity contribution in [3.63, 3.8) is 0 Å². The molecule has 2 nitrogen and oxygen atoms in total. The summed E-state index contributed by atoms with van der Waals surface area (Å²) in [6.45, 7) is 2.02. The molecular formula is C14H11BrCl2N2S. The van der Waals surface area contributed by atoms with Crippen molar-refractivity contribution in [3.05, 3.63) is 56.5 Å². The van der Waals surface area contributed by atoms with Crippen LogP contribution >= 0.6 is 51.3 Å². The average Bonchev–Trinajstić information content (AvgIpc) is 2.37. The van der Waals surface area contributed by atoms with E-state index >= 15 is 0 Å². The third kappa shape index (κ3) is 4.09. The largest absolute Gasteiger partial charge is 0.332 e. The Balaban J connectivity index is 2.07. The van der Waals surface area contributed by atoms with Crippen LogP contribution in [-0.2, 0) is 0 Å². The molecule has 0 bridgehead atoms. The highest BCUT2D eigenvalue weighted by atomic mass is 79.9. The predicted molar refractivity (Wildman–Crippen MR) is 95.2 cm³/mol. The van der Waals surface area contributed by atoms with Gasteiger partial charge in [0.25, 0.3) is 0 Å². The Bertz CT molecular complexity index is 662. The van der Waals surface area contributed by atoms with Crippen LogP contribution in [0.5, 0.6) is 0 Å². The number of anilines is 2. The zero-order valence-corrected chi connectivity index (χ0v) is 14.4. The van der Waals surface area contributed by atoms with Crippen LogP contribution in [0.3, 0.4) is 0 Å². The number of thiocarbonyl (C=S) groups is 1. The maximum Gasteiger partial charge on any atom is 0.175 e. The molecule has 104 valence electrons. The molecule has 0 spiro atoms. The molecular weight excluding hydrogens is 379 g/mol. The van der Waals surface area contributed by atoms with Crippen LogP contribution in [0.1, 0.15) is 5.56 Å². The molecule has 0 heterocycles. The minimum Gasteiger partial charge on any atom is -0.332 e. The fraction of sp³-hybridized carbons (Fsp3) is 0.0714. The predicted octanol–water partition coefficient (Wildman–Crippen LogP) is 5.87. The molecule has 0 unspecified atom stereocenters. The molecule has 0 atom stereocenters. The van der Waals surface area contributed by atoms with Crippen LogP contribution in [-0.4, -0.2) is 5.11 Å². The van der Waals surface area contributed by atoms with Crippen LogP contribution in [0, 0.1) is 6.92 Å². The summed E-state index contributed by atoms with van der Waals surface area (Å²) in [6.07, 6.45) is 0. The molecule has 2 aromatic carbocycles. The van der Waals surface area contributed by atoms with E-state index in [-0.39, 0.29) is 0 Å². The zero-order chi connectivity index (χ0) is 14.7. The fourth-order valence-electron chi connectivity index (χ4n) is 1.60. The van der Waals surface area contributed by atoms with Crippen LogP contribution in [0.25, 0.3) is 0 Å². The number of rotatable bonds is 2. The van der Waals surface area contributed by atoms with Gasteiger partial charge in [0.15, 0.2) is 5.11 Å². The molecule has 20 heavy (non-hydrogen) atoms. The number of nitrogens with one attached hydrogen (secondary N) is 2. The van der Waals surface area contributed by atoms with Crippen molar-refractivity contribution in [2.75, 3.05) is 10.6 Å². The van der Waals surface area contributed by atoms with Crippen LogP contribution in [0.2, 0.25) is 10.0 Å². The Hall–Kier alpha value is -0.810. The van der Waals surface area contributed by atoms with Crippen molar-refractivity contribution >= 4 is 67.8 Å². The Morgan fingerprint density at radius 1 is 1.10 bits per heavy atom. The van der Waals surface area contributed by atoms with Gasteiger partial charge >= 0.3 is 0 Å². The van der Waals surface area contributed by atoms with E-state index in [1.54, 1.807) is 18.2 Å². The molecule has 0 aromatic heterocycles. The molecule has 0 aliphatic heterocycles. The first kappa shape index (κ1) is 15.6. The van der Waals surface area contributed by atoms with Crippen molar-refractivity contribution in [1.29, 1.82) is 0 Å². The van der Waals surface area contributed by atoms with Gasteiger partial charge in [-0.15, -0.1) is 0 Å². The number of aryl methyl sites for hydroxylation is 1. The van der Waals surface area contributed by atoms with E-state index in [0.29, 0.717) is 20.8 Å². The number of hydrogen-bond donors (Lipinski definition) is 2. The summed E-state index contributed by atoms with van der Waals surface area (Å²) in [4.78, 5) is 0. The lowest BCUT2D eigenvalue weighted by atomic mass is 10.2. The second-order valence-corrected chi connectivity index (χ2v) is 6.27. The summed E-state index contributed by atoms with van der Waals surface area (Å²) >= 11 is 20.7. The summed E-state index contributed by atoms with van der Waals surface area (Å²) in [5.74, 6) is 0. The van der Waals surface area contributed by atoms with Crippen molar-refractivity contribution in [2.45, 2.75) is 6.92 Å². The van der Waals surface area contributed by atoms with Gasteiger partial charge in [-0.1, -0.05) is 39.1 Å². The lowest BCUT2D eigenvalue weighted by Gasteiger charge is -2.12. The SMILES string of the molecule is Cc1cc(NC(=S)Nc2ccc(Cl)cc2Cl)ccc1Br. The average molecular weight is 390 g/mol. The number of halogens is 3. The highest BCUT2D eigenvalue weighted by Gasteiger charge is 2.04. The molecule has 0 amide bonds. The van der Waals surface area contributed by atoms with Gasteiger partial charge in [0.1, 0.15) is 0 Å². The third-order valence-electron chi connectivity index (χ3n) is 2.60. The topological polar surface area (TPSA) is 24.1 Å². The monoisotopic (exact) mass is 388 g/mol. The van der Waals surface area contributed by atoms with Gasteiger partial charge in [0.05, 0.1) is 10.7 Å². The zero-order valence-electron chi connectivity index (χ0n) is 10.5. The van der Waals surface area contributed by atoms with Gasteiger partial charge in [-0.05, 0) is 61.1 Å². The van der Waals surface area contributed by atoms with Gasteiger partial charge in [0.2, 0.25) is 0 Å². The molecule has 0 aliphatic rings. The van der Waals surface area contributed by atoms with E-state index in [9.17, 15) is 0 Å². The molecule has 0 saturated carbocycles. The minimum absolute atomic E-state index is 0.468. The maximum atomic E-state index is 6.08. The molecule has 0 fully saturated rings. The first-order chi connectivity index (χ1) is 9.45. The summed E-state index contributed by atoms with van der Waals surface area (Å²) in [5, 5.41) is 7.72. The van der Waals surface area contributed by atoms with E-state index in [4.69, 9.17) is 35.4 Å². The molecule has 0 aliphatic carbocycles. The van der Waals surface area contributed by atoms with Gasteiger partial charge in [-0.2, -0.15) is 0 Å². The Kier molecular flexibility index (Phi) is 5.27. The molecule has 0 radical (unpaired) electrons. The van der Waals surface area contributed by atoms with Crippen LogP contribution in [0.4, 0.5) is 11.4 Å². The van der Waals surface area contributed by atoms with Crippen LogP contribution in [0.15, 0.2) is 40.9 Å². The van der Waals surface area contributed by atoms with E-state index in [1.165, 1.54) is 0 Å². The summed E-state index contributed by atoms with van der Waals surface area (Å²) in [6, 6.07) is 11.1. The van der Waals surface area contributed by atoms with Crippen molar-refractivity contribution < 1.29 is 0 Å². The fourth-order valence-corrected chi connectivity index (χ4v) is 2.53. The van der Waals surface area contributed by atoms with Crippen molar-refractivity contribution in [2.24, 2.45) is 0 Å². The van der Waals surface area contributed by atoms with Crippen molar-refractivity contribution in [1.82, 2.24) is 0 Å². The second kappa shape index (κ2) is 6.76. The highest BCUT2D eigenvalue weighted by Crippen LogP contribution is 2.26. The standard InChI is InChI=1S/C14H11BrCl2N2S/c1-8-6-10(3-4-11(8)15)18-14(20)19-13-5-2-9(16)7-12(13)17/h2-7H,1H3,(H2,18,19,20).